The Labute approximate surface area is 143 Å². The summed E-state index contributed by atoms with van der Waals surface area (Å²) in [6, 6.07) is 5.28. The molecule has 2 rings (SSSR count). The number of rotatable bonds is 7. The van der Waals surface area contributed by atoms with Gasteiger partial charge in [0.1, 0.15) is 0 Å². The highest BCUT2D eigenvalue weighted by molar-refractivity contribution is 9.10. The van der Waals surface area contributed by atoms with Gasteiger partial charge in [0.25, 0.3) is 5.91 Å². The molecule has 0 bridgehead atoms. The molecule has 1 amide bonds. The van der Waals surface area contributed by atoms with E-state index in [-0.39, 0.29) is 12.5 Å². The summed E-state index contributed by atoms with van der Waals surface area (Å²) in [6.45, 7) is 4.20. The summed E-state index contributed by atoms with van der Waals surface area (Å²) in [7, 11) is 0. The summed E-state index contributed by atoms with van der Waals surface area (Å²) in [5.41, 5.74) is 0.457. The first-order chi connectivity index (χ1) is 11.1. The monoisotopic (exact) mass is 382 g/mol. The van der Waals surface area contributed by atoms with Gasteiger partial charge in [-0.15, -0.1) is 0 Å². The smallest absolute Gasteiger partial charge is 0.257 e. The molecule has 1 saturated heterocycles. The zero-order valence-corrected chi connectivity index (χ0v) is 14.5. The SMILES string of the molecule is CCOc1cc(C#N)cc(Br)c1OCC(=O)NCC1CCOC1. The van der Waals surface area contributed by atoms with Crippen molar-refractivity contribution in [3.8, 4) is 17.6 Å². The van der Waals surface area contributed by atoms with Crippen molar-refractivity contribution in [3.63, 3.8) is 0 Å². The predicted octanol–water partition coefficient (Wildman–Crippen LogP) is 2.25. The minimum absolute atomic E-state index is 0.113. The van der Waals surface area contributed by atoms with Crippen LogP contribution >= 0.6 is 15.9 Å². The molecule has 1 aromatic rings. The third kappa shape index (κ3) is 5.12. The zero-order valence-electron chi connectivity index (χ0n) is 12.9. The van der Waals surface area contributed by atoms with E-state index in [4.69, 9.17) is 19.5 Å². The summed E-state index contributed by atoms with van der Waals surface area (Å²) in [5.74, 6) is 1.04. The molecule has 0 radical (unpaired) electrons. The molecule has 1 fully saturated rings. The van der Waals surface area contributed by atoms with Crippen LogP contribution in [0.5, 0.6) is 11.5 Å². The minimum atomic E-state index is -0.199. The van der Waals surface area contributed by atoms with Crippen LogP contribution in [0.4, 0.5) is 0 Å². The van der Waals surface area contributed by atoms with E-state index in [9.17, 15) is 4.79 Å². The van der Waals surface area contributed by atoms with Gasteiger partial charge in [-0.25, -0.2) is 0 Å². The van der Waals surface area contributed by atoms with Crippen molar-refractivity contribution in [2.75, 3.05) is 33.0 Å². The third-order valence-electron chi connectivity index (χ3n) is 3.40. The lowest BCUT2D eigenvalue weighted by Crippen LogP contribution is -2.33. The molecule has 1 N–H and O–H groups in total. The lowest BCUT2D eigenvalue weighted by molar-refractivity contribution is -0.123. The van der Waals surface area contributed by atoms with E-state index in [1.165, 1.54) is 0 Å². The Balaban J connectivity index is 1.93. The van der Waals surface area contributed by atoms with E-state index in [0.717, 1.165) is 13.0 Å². The number of nitrogens with zero attached hydrogens (tertiary/aromatic N) is 1. The van der Waals surface area contributed by atoms with E-state index in [2.05, 4.69) is 27.3 Å². The number of halogens is 1. The topological polar surface area (TPSA) is 80.6 Å². The second-order valence-electron chi connectivity index (χ2n) is 5.15. The Kier molecular flexibility index (Phi) is 6.68. The highest BCUT2D eigenvalue weighted by Gasteiger charge is 2.17. The Hall–Kier alpha value is -1.78. The van der Waals surface area contributed by atoms with Crippen LogP contribution in [0.1, 0.15) is 18.9 Å². The van der Waals surface area contributed by atoms with Crippen LogP contribution in [0, 0.1) is 17.2 Å². The van der Waals surface area contributed by atoms with Gasteiger partial charge in [0.05, 0.1) is 29.3 Å². The van der Waals surface area contributed by atoms with Crippen LogP contribution in [0.2, 0.25) is 0 Å². The molecule has 124 valence electrons. The number of amides is 1. The van der Waals surface area contributed by atoms with Crippen LogP contribution in [-0.4, -0.2) is 38.9 Å². The van der Waals surface area contributed by atoms with Crippen molar-refractivity contribution in [3.05, 3.63) is 22.2 Å². The number of hydrogen-bond acceptors (Lipinski definition) is 5. The molecule has 1 aliphatic rings. The van der Waals surface area contributed by atoms with Crippen molar-refractivity contribution in [1.29, 1.82) is 5.26 Å². The first-order valence-electron chi connectivity index (χ1n) is 7.47. The molecule has 1 aromatic carbocycles. The highest BCUT2D eigenvalue weighted by atomic mass is 79.9. The Morgan fingerprint density at radius 2 is 2.35 bits per heavy atom. The lowest BCUT2D eigenvalue weighted by atomic mass is 10.1. The van der Waals surface area contributed by atoms with Gasteiger partial charge in [0.15, 0.2) is 18.1 Å². The maximum Gasteiger partial charge on any atom is 0.257 e. The Morgan fingerprint density at radius 1 is 1.52 bits per heavy atom. The maximum absolute atomic E-state index is 11.9. The summed E-state index contributed by atoms with van der Waals surface area (Å²) in [6.07, 6.45) is 0.969. The van der Waals surface area contributed by atoms with Crippen molar-refractivity contribution >= 4 is 21.8 Å². The first kappa shape index (κ1) is 17.6. The number of nitriles is 1. The van der Waals surface area contributed by atoms with Crippen LogP contribution < -0.4 is 14.8 Å². The van der Waals surface area contributed by atoms with Gasteiger partial charge >= 0.3 is 0 Å². The molecule has 1 unspecified atom stereocenters. The lowest BCUT2D eigenvalue weighted by Gasteiger charge is -2.14. The van der Waals surface area contributed by atoms with E-state index in [1.54, 1.807) is 12.1 Å². The van der Waals surface area contributed by atoms with Gasteiger partial charge in [-0.3, -0.25) is 4.79 Å². The number of nitrogens with one attached hydrogen (secondary N) is 1. The average Bonchev–Trinajstić information content (AvgIpc) is 3.05. The third-order valence-corrected chi connectivity index (χ3v) is 3.99. The molecule has 6 nitrogen and oxygen atoms in total. The van der Waals surface area contributed by atoms with Crippen LogP contribution in [0.25, 0.3) is 0 Å². The number of hydrogen-bond donors (Lipinski definition) is 1. The molecule has 0 aliphatic carbocycles. The van der Waals surface area contributed by atoms with E-state index >= 15 is 0 Å². The van der Waals surface area contributed by atoms with E-state index in [0.29, 0.717) is 47.2 Å². The average molecular weight is 383 g/mol. The van der Waals surface area contributed by atoms with Crippen molar-refractivity contribution in [2.24, 2.45) is 5.92 Å². The highest BCUT2D eigenvalue weighted by Crippen LogP contribution is 2.36. The summed E-state index contributed by atoms with van der Waals surface area (Å²) >= 11 is 3.35. The predicted molar refractivity (Wildman–Crippen MR) is 87.5 cm³/mol. The van der Waals surface area contributed by atoms with Crippen LogP contribution in [0.15, 0.2) is 16.6 Å². The molecule has 0 aromatic heterocycles. The van der Waals surface area contributed by atoms with Gasteiger partial charge in [0.2, 0.25) is 0 Å². The van der Waals surface area contributed by atoms with E-state index < -0.39 is 0 Å². The fourth-order valence-electron chi connectivity index (χ4n) is 2.23. The second kappa shape index (κ2) is 8.75. The van der Waals surface area contributed by atoms with Gasteiger partial charge in [-0.2, -0.15) is 5.26 Å². The first-order valence-corrected chi connectivity index (χ1v) is 8.27. The van der Waals surface area contributed by atoms with Crippen LogP contribution in [0.3, 0.4) is 0 Å². The quantitative estimate of drug-likeness (QED) is 0.781. The number of ether oxygens (including phenoxy) is 3. The van der Waals surface area contributed by atoms with Gasteiger partial charge < -0.3 is 19.5 Å². The van der Waals surface area contributed by atoms with Gasteiger partial charge in [-0.05, 0) is 35.3 Å². The van der Waals surface area contributed by atoms with Crippen molar-refractivity contribution < 1.29 is 19.0 Å². The van der Waals surface area contributed by atoms with Crippen molar-refractivity contribution in [2.45, 2.75) is 13.3 Å². The summed E-state index contributed by atoms with van der Waals surface area (Å²) < 4.78 is 16.9. The fraction of sp³-hybridized carbons (Fsp3) is 0.500. The molecular formula is C16H19BrN2O4. The molecule has 1 aliphatic heterocycles. The summed E-state index contributed by atoms with van der Waals surface area (Å²) in [5, 5.41) is 11.8. The molecule has 1 atom stereocenters. The number of benzene rings is 1. The maximum atomic E-state index is 11.9. The molecule has 0 saturated carbocycles. The normalized spacial score (nSPS) is 16.7. The molecule has 23 heavy (non-hydrogen) atoms. The Bertz CT molecular complexity index is 594. The molecule has 7 heteroatoms. The summed E-state index contributed by atoms with van der Waals surface area (Å²) in [4.78, 5) is 11.9. The second-order valence-corrected chi connectivity index (χ2v) is 6.01. The number of carbonyl (C=O) groups excluding carboxylic acids is 1. The van der Waals surface area contributed by atoms with Gasteiger partial charge in [-0.1, -0.05) is 0 Å². The number of carbonyl (C=O) groups is 1. The Morgan fingerprint density at radius 3 is 3.00 bits per heavy atom. The molecule has 0 spiro atoms. The molecule has 1 heterocycles. The van der Waals surface area contributed by atoms with Crippen molar-refractivity contribution in [1.82, 2.24) is 5.32 Å². The zero-order chi connectivity index (χ0) is 16.7. The van der Waals surface area contributed by atoms with Crippen LogP contribution in [-0.2, 0) is 9.53 Å². The fourth-order valence-corrected chi connectivity index (χ4v) is 2.78. The van der Waals surface area contributed by atoms with Gasteiger partial charge in [0, 0.05) is 25.1 Å². The minimum Gasteiger partial charge on any atom is -0.490 e. The standard InChI is InChI=1S/C16H19BrN2O4/c1-2-22-14-6-12(7-18)5-13(17)16(14)23-10-15(20)19-8-11-3-4-21-9-11/h5-6,11H,2-4,8-10H2,1H3,(H,19,20). The van der Waals surface area contributed by atoms with E-state index in [1.807, 2.05) is 6.92 Å². The largest absolute Gasteiger partial charge is 0.490 e. The molecular weight excluding hydrogens is 364 g/mol.